The Hall–Kier alpha value is -2.38. The van der Waals surface area contributed by atoms with Crippen LogP contribution < -0.4 is 5.32 Å². The van der Waals surface area contributed by atoms with Gasteiger partial charge in [0, 0.05) is 24.5 Å². The van der Waals surface area contributed by atoms with Crippen LogP contribution in [0, 0.1) is 5.82 Å². The molecule has 0 saturated carbocycles. The normalized spacial score (nSPS) is 18.4. The van der Waals surface area contributed by atoms with Crippen LogP contribution in [0.15, 0.2) is 36.5 Å². The number of hydrogen-bond donors (Lipinski definition) is 1. The average Bonchev–Trinajstić information content (AvgIpc) is 2.92. The largest absolute Gasteiger partial charge is 0.454 e. The minimum atomic E-state index is -4.93. The Balaban J connectivity index is 2.02. The second-order valence-electron chi connectivity index (χ2n) is 5.07. The molecule has 1 aromatic rings. The van der Waals surface area contributed by atoms with E-state index in [0.717, 1.165) is 12.3 Å². The minimum Gasteiger partial charge on any atom is -0.365 e. The van der Waals surface area contributed by atoms with E-state index in [1.165, 1.54) is 23.1 Å². The summed E-state index contributed by atoms with van der Waals surface area (Å²) in [4.78, 5) is 24.4. The van der Waals surface area contributed by atoms with Crippen molar-refractivity contribution in [1.82, 2.24) is 4.90 Å². The molecule has 0 radical (unpaired) electrons. The number of allylic oxidation sites excluding steroid dienone is 1. The lowest BCUT2D eigenvalue weighted by molar-refractivity contribution is -0.165. The number of likely N-dealkylation sites (tertiary alicyclic amines) is 1. The maximum Gasteiger partial charge on any atom is 0.454 e. The van der Waals surface area contributed by atoms with E-state index >= 15 is 0 Å². The third-order valence-electron chi connectivity index (χ3n) is 3.39. The van der Waals surface area contributed by atoms with Gasteiger partial charge in [-0.15, -0.1) is 0 Å². The molecule has 4 nitrogen and oxygen atoms in total. The van der Waals surface area contributed by atoms with E-state index in [9.17, 15) is 27.2 Å². The number of benzene rings is 1. The number of rotatable bonds is 4. The smallest absolute Gasteiger partial charge is 0.365 e. The molecule has 2 rings (SSSR count). The Morgan fingerprint density at radius 2 is 2.04 bits per heavy atom. The van der Waals surface area contributed by atoms with Gasteiger partial charge in [-0.25, -0.2) is 4.39 Å². The van der Waals surface area contributed by atoms with E-state index in [-0.39, 0.29) is 5.69 Å². The lowest BCUT2D eigenvalue weighted by atomic mass is 10.2. The third-order valence-corrected chi connectivity index (χ3v) is 3.39. The molecule has 0 bridgehead atoms. The van der Waals surface area contributed by atoms with E-state index in [4.69, 9.17) is 0 Å². The molecule has 1 atom stereocenters. The fourth-order valence-electron chi connectivity index (χ4n) is 2.30. The zero-order chi connectivity index (χ0) is 17.0. The predicted molar refractivity (Wildman–Crippen MR) is 75.0 cm³/mol. The van der Waals surface area contributed by atoms with Gasteiger partial charge in [0.25, 0.3) is 5.78 Å². The number of anilines is 1. The number of hydrogen-bond acceptors (Lipinski definition) is 3. The lowest BCUT2D eigenvalue weighted by Crippen LogP contribution is -2.36. The first-order valence-electron chi connectivity index (χ1n) is 6.89. The van der Waals surface area contributed by atoms with Crippen LogP contribution in [0.1, 0.15) is 12.8 Å². The summed E-state index contributed by atoms with van der Waals surface area (Å²) >= 11 is 0. The van der Waals surface area contributed by atoms with Crippen LogP contribution in [0.2, 0.25) is 0 Å². The zero-order valence-corrected chi connectivity index (χ0v) is 11.9. The zero-order valence-electron chi connectivity index (χ0n) is 11.9. The first-order valence-corrected chi connectivity index (χ1v) is 6.89. The van der Waals surface area contributed by atoms with Crippen LogP contribution in [-0.4, -0.2) is 35.4 Å². The minimum absolute atomic E-state index is 0.261. The molecule has 1 aliphatic heterocycles. The van der Waals surface area contributed by atoms with Gasteiger partial charge in [0.15, 0.2) is 0 Å². The van der Waals surface area contributed by atoms with Crippen molar-refractivity contribution < 1.29 is 27.2 Å². The molecule has 23 heavy (non-hydrogen) atoms. The van der Waals surface area contributed by atoms with Crippen LogP contribution in [0.5, 0.6) is 0 Å². The van der Waals surface area contributed by atoms with E-state index < -0.39 is 29.7 Å². The van der Waals surface area contributed by atoms with Gasteiger partial charge < -0.3 is 10.2 Å². The third kappa shape index (κ3) is 4.54. The summed E-state index contributed by atoms with van der Waals surface area (Å²) in [6, 6.07) is 4.60. The summed E-state index contributed by atoms with van der Waals surface area (Å²) in [6.45, 7) is 0.364. The molecule has 0 spiro atoms. The molecule has 1 fully saturated rings. The van der Waals surface area contributed by atoms with Crippen molar-refractivity contribution in [2.45, 2.75) is 25.1 Å². The first kappa shape index (κ1) is 17.0. The van der Waals surface area contributed by atoms with Crippen LogP contribution in [-0.2, 0) is 9.59 Å². The fourth-order valence-corrected chi connectivity index (χ4v) is 2.30. The molecule has 1 saturated heterocycles. The molecule has 1 heterocycles. The van der Waals surface area contributed by atoms with Crippen LogP contribution in [0.4, 0.5) is 23.2 Å². The van der Waals surface area contributed by atoms with E-state index in [0.29, 0.717) is 25.5 Å². The van der Waals surface area contributed by atoms with Gasteiger partial charge in [0.2, 0.25) is 5.91 Å². The second kappa shape index (κ2) is 6.80. The molecule has 0 aliphatic carbocycles. The summed E-state index contributed by atoms with van der Waals surface area (Å²) in [5.41, 5.74) is 0.261. The van der Waals surface area contributed by atoms with Crippen LogP contribution in [0.3, 0.4) is 0 Å². The highest BCUT2D eigenvalue weighted by molar-refractivity contribution is 5.96. The Kier molecular flexibility index (Phi) is 5.02. The number of carbonyl (C=O) groups excluding carboxylic acids is 2. The Morgan fingerprint density at radius 3 is 2.70 bits per heavy atom. The monoisotopic (exact) mass is 330 g/mol. The molecular formula is C15H14F4N2O2. The molecule has 1 unspecified atom stereocenters. The van der Waals surface area contributed by atoms with Gasteiger partial charge in [-0.1, -0.05) is 6.07 Å². The number of alkyl halides is 3. The van der Waals surface area contributed by atoms with Crippen molar-refractivity contribution in [1.29, 1.82) is 0 Å². The lowest BCUT2D eigenvalue weighted by Gasteiger charge is -2.22. The van der Waals surface area contributed by atoms with Crippen LogP contribution in [0.25, 0.3) is 0 Å². The van der Waals surface area contributed by atoms with E-state index in [1.54, 1.807) is 0 Å². The van der Waals surface area contributed by atoms with E-state index in [2.05, 4.69) is 5.32 Å². The Labute approximate surface area is 129 Å². The van der Waals surface area contributed by atoms with Gasteiger partial charge in [-0.3, -0.25) is 9.59 Å². The first-order chi connectivity index (χ1) is 10.8. The number of nitrogens with one attached hydrogen (secondary N) is 1. The van der Waals surface area contributed by atoms with Crippen molar-refractivity contribution in [3.05, 3.63) is 42.4 Å². The van der Waals surface area contributed by atoms with Gasteiger partial charge >= 0.3 is 6.18 Å². The molecular weight excluding hydrogens is 316 g/mol. The maximum absolute atomic E-state index is 13.1. The maximum atomic E-state index is 13.1. The van der Waals surface area contributed by atoms with Gasteiger partial charge in [0.05, 0.1) is 0 Å². The fraction of sp³-hybridized carbons (Fsp3) is 0.333. The summed E-state index contributed by atoms with van der Waals surface area (Å²) in [6.07, 6.45) is -2.50. The summed E-state index contributed by atoms with van der Waals surface area (Å²) in [5.74, 6) is -2.95. The molecule has 124 valence electrons. The molecule has 1 aromatic carbocycles. The number of halogens is 4. The van der Waals surface area contributed by atoms with Crippen molar-refractivity contribution in [2.75, 3.05) is 11.9 Å². The van der Waals surface area contributed by atoms with Crippen molar-refractivity contribution >= 4 is 17.4 Å². The van der Waals surface area contributed by atoms with Crippen molar-refractivity contribution in [2.24, 2.45) is 0 Å². The van der Waals surface area contributed by atoms with Crippen molar-refractivity contribution in [3.63, 3.8) is 0 Å². The van der Waals surface area contributed by atoms with Gasteiger partial charge in [-0.05, 0) is 31.0 Å². The summed E-state index contributed by atoms with van der Waals surface area (Å²) in [5, 5.41) is 2.51. The number of ketones is 1. The number of amides is 1. The second-order valence-corrected chi connectivity index (χ2v) is 5.07. The van der Waals surface area contributed by atoms with Gasteiger partial charge in [-0.2, -0.15) is 13.2 Å². The molecule has 1 aliphatic rings. The average molecular weight is 330 g/mol. The SMILES string of the molecule is O=C(Nc1cccc(F)c1)C1CCCN1/C=C/C(=O)C(F)(F)F. The van der Waals surface area contributed by atoms with E-state index in [1.807, 2.05) is 0 Å². The quantitative estimate of drug-likeness (QED) is 0.682. The topological polar surface area (TPSA) is 49.4 Å². The molecule has 8 heteroatoms. The standard InChI is InChI=1S/C15H14F4N2O2/c16-10-3-1-4-11(9-10)20-14(23)12-5-2-7-21(12)8-6-13(22)15(17,18)19/h1,3-4,6,8-9,12H,2,5,7H2,(H,20,23)/b8-6+. The summed E-state index contributed by atoms with van der Waals surface area (Å²) < 4.78 is 49.6. The Bertz CT molecular complexity index is 628. The predicted octanol–water partition coefficient (Wildman–Crippen LogP) is 2.87. The number of nitrogens with zero attached hydrogens (tertiary/aromatic N) is 1. The molecule has 1 N–H and O–H groups in total. The highest BCUT2D eigenvalue weighted by Gasteiger charge is 2.37. The number of carbonyl (C=O) groups is 2. The van der Waals surface area contributed by atoms with Gasteiger partial charge in [0.1, 0.15) is 11.9 Å². The highest BCUT2D eigenvalue weighted by Crippen LogP contribution is 2.21. The Morgan fingerprint density at radius 1 is 1.30 bits per heavy atom. The van der Waals surface area contributed by atoms with Crippen molar-refractivity contribution in [3.8, 4) is 0 Å². The molecule has 0 aromatic heterocycles. The molecule has 1 amide bonds. The summed E-state index contributed by atoms with van der Waals surface area (Å²) in [7, 11) is 0. The van der Waals surface area contributed by atoms with Crippen LogP contribution >= 0.6 is 0 Å². The highest BCUT2D eigenvalue weighted by atomic mass is 19.4.